The van der Waals surface area contributed by atoms with Gasteiger partial charge in [0.25, 0.3) is 10.0 Å². The van der Waals surface area contributed by atoms with Gasteiger partial charge < -0.3 is 9.84 Å². The highest BCUT2D eigenvalue weighted by Crippen LogP contribution is 2.12. The van der Waals surface area contributed by atoms with Crippen molar-refractivity contribution in [1.29, 1.82) is 0 Å². The molecule has 0 unspecified atom stereocenters. The Bertz CT molecular complexity index is 633. The number of carbonyl (C=O) groups is 2. The van der Waals surface area contributed by atoms with Crippen LogP contribution in [0.2, 0.25) is 0 Å². The number of rotatable bonds is 7. The lowest BCUT2D eigenvalue weighted by Crippen LogP contribution is -2.41. The van der Waals surface area contributed by atoms with E-state index >= 15 is 0 Å². The molecule has 0 aliphatic rings. The fraction of sp³-hybridized carbons (Fsp3) is 0.364. The first-order chi connectivity index (χ1) is 9.77. The molecule has 1 aromatic rings. The molecule has 21 heavy (non-hydrogen) atoms. The number of hydrogen-bond acceptors (Lipinski definition) is 6. The molecule has 8 nitrogen and oxygen atoms in total. The van der Waals surface area contributed by atoms with Crippen LogP contribution in [0.1, 0.15) is 12.8 Å². The molecule has 1 heterocycles. The zero-order valence-electron chi connectivity index (χ0n) is 10.9. The molecule has 0 saturated carbocycles. The van der Waals surface area contributed by atoms with Crippen LogP contribution in [0.4, 0.5) is 4.39 Å². The summed E-state index contributed by atoms with van der Waals surface area (Å²) in [6.45, 7) is 0. The fourth-order valence-corrected chi connectivity index (χ4v) is 2.64. The lowest BCUT2D eigenvalue weighted by molar-refractivity contribution is -0.142. The van der Waals surface area contributed by atoms with Gasteiger partial charge in [-0.15, -0.1) is 0 Å². The van der Waals surface area contributed by atoms with Crippen LogP contribution in [0.3, 0.4) is 0 Å². The predicted octanol–water partition coefficient (Wildman–Crippen LogP) is -0.0946. The molecular formula is C11H13FN2O6S. The summed E-state index contributed by atoms with van der Waals surface area (Å²) in [4.78, 5) is 25.3. The summed E-state index contributed by atoms with van der Waals surface area (Å²) < 4.78 is 43.3. The Morgan fingerprint density at radius 2 is 2.19 bits per heavy atom. The highest BCUT2D eigenvalue weighted by molar-refractivity contribution is 7.89. The number of hydrogen-bond donors (Lipinski definition) is 2. The summed E-state index contributed by atoms with van der Waals surface area (Å²) >= 11 is 0. The number of carbonyl (C=O) groups excluding carboxylic acids is 1. The van der Waals surface area contributed by atoms with E-state index in [2.05, 4.69) is 9.72 Å². The number of sulfonamides is 1. The van der Waals surface area contributed by atoms with Gasteiger partial charge in [-0.05, 0) is 18.6 Å². The number of nitrogens with one attached hydrogen (secondary N) is 1. The number of carboxylic acids is 1. The minimum Gasteiger partial charge on any atom is -0.480 e. The second kappa shape index (κ2) is 7.09. The van der Waals surface area contributed by atoms with Crippen LogP contribution in [0.5, 0.6) is 0 Å². The van der Waals surface area contributed by atoms with Crippen LogP contribution in [0, 0.1) is 5.82 Å². The Morgan fingerprint density at radius 3 is 2.71 bits per heavy atom. The molecule has 0 fully saturated rings. The van der Waals surface area contributed by atoms with Crippen LogP contribution < -0.4 is 4.72 Å². The van der Waals surface area contributed by atoms with Gasteiger partial charge in [-0.3, -0.25) is 9.59 Å². The summed E-state index contributed by atoms with van der Waals surface area (Å²) in [6, 6.07) is 0.474. The van der Waals surface area contributed by atoms with Gasteiger partial charge in [-0.1, -0.05) is 0 Å². The number of esters is 1. The number of carboxylic acid groups (broad SMARTS) is 1. The SMILES string of the molecule is COC(=O)CC[C@H](NS(=O)(=O)c1ncccc1F)C(=O)O. The molecule has 0 aliphatic heterocycles. The number of nitrogens with zero attached hydrogens (tertiary/aromatic N) is 1. The summed E-state index contributed by atoms with van der Waals surface area (Å²) in [5.41, 5.74) is 0. The van der Waals surface area contributed by atoms with E-state index in [0.717, 1.165) is 19.4 Å². The number of halogens is 1. The third-order valence-corrected chi connectivity index (χ3v) is 3.84. The molecule has 0 amide bonds. The Labute approximate surface area is 120 Å². The van der Waals surface area contributed by atoms with E-state index in [-0.39, 0.29) is 12.8 Å². The molecule has 1 rings (SSSR count). The van der Waals surface area contributed by atoms with E-state index in [4.69, 9.17) is 5.11 Å². The first kappa shape index (κ1) is 17.0. The first-order valence-corrected chi connectivity index (χ1v) is 7.18. The number of ether oxygens (including phenoxy) is 1. The van der Waals surface area contributed by atoms with E-state index in [1.54, 1.807) is 4.72 Å². The Hall–Kier alpha value is -2.07. The molecule has 0 aromatic carbocycles. The Balaban J connectivity index is 2.90. The molecule has 2 N–H and O–H groups in total. The number of methoxy groups -OCH3 is 1. The third-order valence-electron chi connectivity index (χ3n) is 2.44. The molecule has 1 aromatic heterocycles. The van der Waals surface area contributed by atoms with Gasteiger partial charge in [0.15, 0.2) is 5.82 Å². The normalized spacial score (nSPS) is 12.7. The Morgan fingerprint density at radius 1 is 1.52 bits per heavy atom. The van der Waals surface area contributed by atoms with E-state index < -0.39 is 38.8 Å². The van der Waals surface area contributed by atoms with Crippen molar-refractivity contribution in [3.05, 3.63) is 24.1 Å². The summed E-state index contributed by atoms with van der Waals surface area (Å²) in [5.74, 6) is -3.30. The maximum atomic E-state index is 13.4. The lowest BCUT2D eigenvalue weighted by Gasteiger charge is -2.14. The van der Waals surface area contributed by atoms with Gasteiger partial charge >= 0.3 is 11.9 Å². The van der Waals surface area contributed by atoms with Crippen molar-refractivity contribution in [1.82, 2.24) is 9.71 Å². The van der Waals surface area contributed by atoms with Gasteiger partial charge in [0.1, 0.15) is 6.04 Å². The van der Waals surface area contributed by atoms with Gasteiger partial charge in [-0.2, -0.15) is 4.72 Å². The van der Waals surface area contributed by atoms with Crippen LogP contribution in [0.25, 0.3) is 0 Å². The molecular weight excluding hydrogens is 307 g/mol. The second-order valence-corrected chi connectivity index (χ2v) is 5.55. The summed E-state index contributed by atoms with van der Waals surface area (Å²) in [6.07, 6.45) is 0.415. The zero-order valence-corrected chi connectivity index (χ0v) is 11.8. The molecule has 116 valence electrons. The van der Waals surface area contributed by atoms with Crippen molar-refractivity contribution >= 4 is 22.0 Å². The quantitative estimate of drug-likeness (QED) is 0.673. The maximum Gasteiger partial charge on any atom is 0.321 e. The zero-order chi connectivity index (χ0) is 16.0. The largest absolute Gasteiger partial charge is 0.480 e. The van der Waals surface area contributed by atoms with Crippen LogP contribution >= 0.6 is 0 Å². The molecule has 0 saturated heterocycles. The van der Waals surface area contributed by atoms with E-state index in [1.807, 2.05) is 0 Å². The van der Waals surface area contributed by atoms with Crippen molar-refractivity contribution in [3.63, 3.8) is 0 Å². The molecule has 0 spiro atoms. The van der Waals surface area contributed by atoms with Crippen molar-refractivity contribution in [2.24, 2.45) is 0 Å². The fourth-order valence-electron chi connectivity index (χ4n) is 1.41. The van der Waals surface area contributed by atoms with Crippen molar-refractivity contribution < 1.29 is 32.2 Å². The lowest BCUT2D eigenvalue weighted by atomic mass is 10.2. The van der Waals surface area contributed by atoms with Crippen molar-refractivity contribution in [2.45, 2.75) is 23.9 Å². The topological polar surface area (TPSA) is 123 Å². The van der Waals surface area contributed by atoms with Gasteiger partial charge in [-0.25, -0.2) is 17.8 Å². The first-order valence-electron chi connectivity index (χ1n) is 5.70. The number of pyridine rings is 1. The summed E-state index contributed by atoms with van der Waals surface area (Å²) in [5, 5.41) is 8.04. The predicted molar refractivity (Wildman–Crippen MR) is 67.2 cm³/mol. The maximum absolute atomic E-state index is 13.4. The average molecular weight is 320 g/mol. The van der Waals surface area contributed by atoms with Crippen LogP contribution in [0.15, 0.2) is 23.4 Å². The molecule has 0 radical (unpaired) electrons. The van der Waals surface area contributed by atoms with E-state index in [1.165, 1.54) is 6.07 Å². The number of aliphatic carboxylic acids is 1. The minimum atomic E-state index is -4.46. The van der Waals surface area contributed by atoms with E-state index in [9.17, 15) is 22.4 Å². The molecule has 0 bridgehead atoms. The van der Waals surface area contributed by atoms with E-state index in [0.29, 0.717) is 0 Å². The second-order valence-electron chi connectivity index (χ2n) is 3.92. The van der Waals surface area contributed by atoms with Crippen LogP contribution in [-0.4, -0.2) is 43.6 Å². The Kier molecular flexibility index (Phi) is 5.73. The summed E-state index contributed by atoms with van der Waals surface area (Å²) in [7, 11) is -3.34. The van der Waals surface area contributed by atoms with Crippen LogP contribution in [-0.2, 0) is 24.3 Å². The minimum absolute atomic E-state index is 0.305. The van der Waals surface area contributed by atoms with Gasteiger partial charge in [0.05, 0.1) is 7.11 Å². The van der Waals surface area contributed by atoms with Gasteiger partial charge in [0, 0.05) is 12.6 Å². The van der Waals surface area contributed by atoms with Crippen molar-refractivity contribution in [3.8, 4) is 0 Å². The highest BCUT2D eigenvalue weighted by atomic mass is 32.2. The smallest absolute Gasteiger partial charge is 0.321 e. The molecule has 10 heteroatoms. The monoisotopic (exact) mass is 320 g/mol. The average Bonchev–Trinajstić information content (AvgIpc) is 2.42. The van der Waals surface area contributed by atoms with Crippen molar-refractivity contribution in [2.75, 3.05) is 7.11 Å². The van der Waals surface area contributed by atoms with Gasteiger partial charge in [0.2, 0.25) is 5.03 Å². The third kappa shape index (κ3) is 4.76. The molecule has 1 atom stereocenters. The molecule has 0 aliphatic carbocycles. The number of aromatic nitrogens is 1. The highest BCUT2D eigenvalue weighted by Gasteiger charge is 2.28. The standard InChI is InChI=1S/C11H13FN2O6S/c1-20-9(15)5-4-8(11(16)17)14-21(18,19)10-7(12)3-2-6-13-10/h2-3,6,8,14H,4-5H2,1H3,(H,16,17)/t8-/m0/s1.